The van der Waals surface area contributed by atoms with E-state index in [-0.39, 0.29) is 47.3 Å². The normalized spacial score (nSPS) is 19.3. The number of ether oxygens (including phenoxy) is 8. The number of sulfonamides is 1. The summed E-state index contributed by atoms with van der Waals surface area (Å²) >= 11 is 1.46. The smallest absolute Gasteiger partial charge is 0.347 e. The largest absolute Gasteiger partial charge is 0.470 e. The van der Waals surface area contributed by atoms with Crippen molar-refractivity contribution in [2.45, 2.75) is 150 Å². The molecule has 1 fully saturated rings. The SMILES string of the molecule is CCN(C(=O)C(C)OC(=O)C(C)OC(=O)C(C)OC(=O)C(C)OC(=O)C(C)OC(=O)CCC(=O)OC(CNC(C)(C)C)COc1nsnc1N1CCOCC1)[C@@H]1C[C@@H](C)S(=O)(=O)c2sc(S(N)(=O)=O)cc21. The second kappa shape index (κ2) is 25.0. The number of morpholine rings is 1. The van der Waals surface area contributed by atoms with E-state index < -0.39 is 127 Å². The Morgan fingerprint density at radius 3 is 1.86 bits per heavy atom. The highest BCUT2D eigenvalue weighted by Gasteiger charge is 2.44. The van der Waals surface area contributed by atoms with Crippen LogP contribution in [0.2, 0.25) is 0 Å². The molecule has 0 aliphatic carbocycles. The van der Waals surface area contributed by atoms with Gasteiger partial charge in [0.05, 0.1) is 49.1 Å². The van der Waals surface area contributed by atoms with Gasteiger partial charge in [-0.25, -0.2) is 41.2 Å². The van der Waals surface area contributed by atoms with Gasteiger partial charge in [-0.2, -0.15) is 4.37 Å². The Balaban J connectivity index is 1.21. The second-order valence-electron chi connectivity index (χ2n) is 17.6. The topological polar surface area (TPSA) is 332 Å². The zero-order valence-electron chi connectivity index (χ0n) is 41.0. The molecule has 4 heterocycles. The number of primary sulfonamides is 1. The summed E-state index contributed by atoms with van der Waals surface area (Å²) in [5, 5.41) is 7.52. The van der Waals surface area contributed by atoms with E-state index >= 15 is 0 Å². The van der Waals surface area contributed by atoms with Gasteiger partial charge in [0.2, 0.25) is 15.8 Å². The first-order valence-corrected chi connectivity index (χ1v) is 27.1. The summed E-state index contributed by atoms with van der Waals surface area (Å²) in [4.78, 5) is 93.6. The summed E-state index contributed by atoms with van der Waals surface area (Å²) in [7, 11) is -8.22. The van der Waals surface area contributed by atoms with E-state index in [0.29, 0.717) is 43.5 Å². The van der Waals surface area contributed by atoms with Crippen molar-refractivity contribution in [3.63, 3.8) is 0 Å². The molecule has 29 heteroatoms. The average molecular weight is 1080 g/mol. The quantitative estimate of drug-likeness (QED) is 0.117. The monoisotopic (exact) mass is 1080 g/mol. The molecule has 4 rings (SSSR count). The van der Waals surface area contributed by atoms with Gasteiger partial charge in [-0.1, -0.05) is 0 Å². The zero-order chi connectivity index (χ0) is 53.2. The molecule has 398 valence electrons. The molecule has 2 aromatic rings. The Hall–Kier alpha value is -5.07. The number of hydrogen-bond donors (Lipinski definition) is 2. The van der Waals surface area contributed by atoms with Crippen LogP contribution in [0.25, 0.3) is 0 Å². The van der Waals surface area contributed by atoms with Gasteiger partial charge >= 0.3 is 35.8 Å². The fourth-order valence-corrected chi connectivity index (χ4v) is 11.7. The van der Waals surface area contributed by atoms with E-state index in [9.17, 15) is 50.4 Å². The highest BCUT2D eigenvalue weighted by atomic mass is 32.3. The number of carbonyl (C=O) groups excluding carboxylic acids is 7. The van der Waals surface area contributed by atoms with Crippen molar-refractivity contribution in [3.8, 4) is 5.88 Å². The average Bonchev–Trinajstić information content (AvgIpc) is 3.98. The van der Waals surface area contributed by atoms with Crippen LogP contribution in [0.5, 0.6) is 5.88 Å². The molecule has 0 bridgehead atoms. The van der Waals surface area contributed by atoms with Gasteiger partial charge in [0.15, 0.2) is 40.4 Å². The lowest BCUT2D eigenvalue weighted by Crippen LogP contribution is -2.46. The molecule has 6 unspecified atom stereocenters. The molecule has 2 aromatic heterocycles. The first kappa shape index (κ1) is 58.5. The van der Waals surface area contributed by atoms with Crippen molar-refractivity contribution < 1.29 is 88.3 Å². The molecule has 0 saturated carbocycles. The fraction of sp³-hybridized carbons (Fsp3) is 0.690. The molecule has 2 aliphatic rings. The van der Waals surface area contributed by atoms with E-state index in [2.05, 4.69) is 14.1 Å². The fourth-order valence-electron chi connectivity index (χ4n) is 6.76. The number of aromatic nitrogens is 2. The molecule has 1 saturated heterocycles. The minimum absolute atomic E-state index is 0.00148. The van der Waals surface area contributed by atoms with Gasteiger partial charge in [0, 0.05) is 37.3 Å². The minimum Gasteiger partial charge on any atom is -0.470 e. The third kappa shape index (κ3) is 16.5. The van der Waals surface area contributed by atoms with Crippen LogP contribution in [-0.2, 0) is 86.6 Å². The molecule has 8 atom stereocenters. The first-order valence-electron chi connectivity index (χ1n) is 22.5. The molecule has 0 aromatic carbocycles. The van der Waals surface area contributed by atoms with Gasteiger partial charge in [-0.15, -0.1) is 15.7 Å². The van der Waals surface area contributed by atoms with E-state index in [1.807, 2.05) is 25.7 Å². The molecular formula is C42H62N6O19S4. The van der Waals surface area contributed by atoms with Crippen molar-refractivity contribution in [1.82, 2.24) is 19.0 Å². The number of hydrogen-bond acceptors (Lipinski definition) is 25. The van der Waals surface area contributed by atoms with Crippen LogP contribution in [0, 0.1) is 0 Å². The van der Waals surface area contributed by atoms with Crippen molar-refractivity contribution in [2.75, 3.05) is 50.9 Å². The van der Waals surface area contributed by atoms with Gasteiger partial charge in [0.1, 0.15) is 21.1 Å². The van der Waals surface area contributed by atoms with Crippen LogP contribution < -0.4 is 20.1 Å². The van der Waals surface area contributed by atoms with Gasteiger partial charge in [0.25, 0.3) is 11.8 Å². The maximum Gasteiger partial charge on any atom is 0.347 e. The van der Waals surface area contributed by atoms with E-state index in [4.69, 9.17) is 43.0 Å². The number of fused-ring (bicyclic) bond motifs is 1. The highest BCUT2D eigenvalue weighted by molar-refractivity contribution is 7.95. The van der Waals surface area contributed by atoms with E-state index in [1.165, 1.54) is 25.7 Å². The number of anilines is 1. The van der Waals surface area contributed by atoms with Crippen LogP contribution in [0.1, 0.15) is 100 Å². The summed E-state index contributed by atoms with van der Waals surface area (Å²) in [5.74, 6) is -6.38. The zero-order valence-corrected chi connectivity index (χ0v) is 44.3. The number of likely N-dealkylation sites (N-methyl/N-ethyl adjacent to an activating group) is 1. The van der Waals surface area contributed by atoms with Gasteiger partial charge < -0.3 is 53.0 Å². The first-order chi connectivity index (χ1) is 33.0. The number of amides is 1. The molecule has 0 spiro atoms. The third-order valence-corrected chi connectivity index (χ3v) is 16.5. The Bertz CT molecular complexity index is 2470. The summed E-state index contributed by atoms with van der Waals surface area (Å²) in [6.45, 7) is 17.0. The Morgan fingerprint density at radius 1 is 0.845 bits per heavy atom. The second-order valence-corrected chi connectivity index (χ2v) is 23.5. The number of sulfone groups is 1. The minimum atomic E-state index is -4.28. The number of rotatable bonds is 23. The Morgan fingerprint density at radius 2 is 1.35 bits per heavy atom. The van der Waals surface area contributed by atoms with Crippen molar-refractivity contribution in [3.05, 3.63) is 11.6 Å². The summed E-state index contributed by atoms with van der Waals surface area (Å²) < 4.78 is 101. The molecule has 0 radical (unpaired) electrons. The summed E-state index contributed by atoms with van der Waals surface area (Å²) in [6.07, 6.45) is -9.70. The number of esters is 6. The van der Waals surface area contributed by atoms with Crippen LogP contribution in [0.4, 0.5) is 5.82 Å². The lowest BCUT2D eigenvalue weighted by molar-refractivity contribution is -0.186. The molecule has 25 nitrogen and oxygen atoms in total. The lowest BCUT2D eigenvalue weighted by atomic mass is 10.0. The van der Waals surface area contributed by atoms with Crippen LogP contribution in [-0.4, -0.2) is 166 Å². The van der Waals surface area contributed by atoms with Crippen molar-refractivity contribution >= 4 is 90.5 Å². The lowest BCUT2D eigenvalue weighted by Gasteiger charge is -2.37. The highest BCUT2D eigenvalue weighted by Crippen LogP contribution is 2.45. The number of nitrogens with zero attached hydrogens (tertiary/aromatic N) is 4. The molecule has 3 N–H and O–H groups in total. The van der Waals surface area contributed by atoms with Crippen molar-refractivity contribution in [1.29, 1.82) is 0 Å². The maximum absolute atomic E-state index is 13.6. The Kier molecular flexibility index (Phi) is 20.6. The standard InChI is InChI=1S/C42H62N6O19S4/c1-11-48(30-18-22(2)70(56,57)41-29(30)19-33(68-41)71(43,58)59)36(51)23(3)63-38(53)25(5)65-40(55)27(7)66-39(54)26(6)64-37(52)24(4)62-31(49)12-13-32(50)67-28(20-44-42(8,9)10)21-61-35-34(45-69-46-35)47-14-16-60-17-15-47/h19,22-28,30,44H,11-18,20-21H2,1-10H3,(H2,43,58,59)/t22-,23?,24?,25?,26?,27?,28?,30-/m1/s1. The van der Waals surface area contributed by atoms with Crippen LogP contribution in [0.3, 0.4) is 0 Å². The molecule has 71 heavy (non-hydrogen) atoms. The van der Waals surface area contributed by atoms with E-state index in [0.717, 1.165) is 38.6 Å². The molecule has 2 aliphatic heterocycles. The summed E-state index contributed by atoms with van der Waals surface area (Å²) in [5.41, 5.74) is -0.270. The summed E-state index contributed by atoms with van der Waals surface area (Å²) in [6, 6.07) is 0.199. The third-order valence-electron chi connectivity index (χ3n) is 10.7. The molecular weight excluding hydrogens is 1020 g/mol. The van der Waals surface area contributed by atoms with E-state index in [1.54, 1.807) is 6.92 Å². The predicted molar refractivity (Wildman–Crippen MR) is 250 cm³/mol. The number of carbonyl (C=O) groups is 7. The van der Waals surface area contributed by atoms with Crippen molar-refractivity contribution in [2.24, 2.45) is 5.14 Å². The predicted octanol–water partition coefficient (Wildman–Crippen LogP) is 1.36. The Labute approximate surface area is 419 Å². The number of nitrogens with two attached hydrogens (primary N) is 1. The van der Waals surface area contributed by atoms with Crippen LogP contribution in [0.15, 0.2) is 14.5 Å². The van der Waals surface area contributed by atoms with Crippen LogP contribution >= 0.6 is 23.1 Å². The maximum atomic E-state index is 13.6. The molecule has 1 amide bonds. The number of nitrogens with one attached hydrogen (secondary N) is 1. The number of thiophene rings is 1. The van der Waals surface area contributed by atoms with Gasteiger partial charge in [-0.3, -0.25) is 14.4 Å². The van der Waals surface area contributed by atoms with Gasteiger partial charge in [-0.05, 0) is 81.7 Å².